The van der Waals surface area contributed by atoms with E-state index in [0.717, 1.165) is 58.9 Å². The van der Waals surface area contributed by atoms with Crippen LogP contribution < -0.4 is 15.4 Å². The standard InChI is InChI=1S/C28H35BrN4O4/c1-19-21-16-20(29)17-24(26(21)31-18-30-19)36-15-11-7-5-6-8-14-25(34)32-22-12-9-10-13-23(22)33-27(35)37-28(2,3)4/h9-10,12-13,16-18H,5-8,11,14-15H2,1-4H3,(H,32,34)(H,33,35). The SMILES string of the molecule is Cc1ncnc2c(OCCCCCCCC(=O)Nc3ccccc3NC(=O)OC(C)(C)C)cc(Br)cc12. The molecule has 0 spiro atoms. The van der Waals surface area contributed by atoms with Crippen LogP contribution in [-0.2, 0) is 9.53 Å². The van der Waals surface area contributed by atoms with Crippen molar-refractivity contribution in [3.05, 3.63) is 52.9 Å². The summed E-state index contributed by atoms with van der Waals surface area (Å²) in [4.78, 5) is 33.2. The van der Waals surface area contributed by atoms with Gasteiger partial charge in [0.05, 0.1) is 18.0 Å². The minimum atomic E-state index is -0.602. The maximum absolute atomic E-state index is 12.4. The zero-order valence-electron chi connectivity index (χ0n) is 21.9. The molecular weight excluding hydrogens is 536 g/mol. The van der Waals surface area contributed by atoms with E-state index in [1.165, 1.54) is 0 Å². The van der Waals surface area contributed by atoms with Crippen LogP contribution >= 0.6 is 15.9 Å². The van der Waals surface area contributed by atoms with Crippen molar-refractivity contribution in [3.63, 3.8) is 0 Å². The molecule has 0 bridgehead atoms. The normalized spacial score (nSPS) is 11.3. The van der Waals surface area contributed by atoms with Gasteiger partial charge in [0, 0.05) is 22.0 Å². The molecular formula is C28H35BrN4O4. The maximum atomic E-state index is 12.4. The third-order valence-corrected chi connectivity index (χ3v) is 5.97. The van der Waals surface area contributed by atoms with Gasteiger partial charge in [-0.15, -0.1) is 0 Å². The fraction of sp³-hybridized carbons (Fsp3) is 0.429. The number of nitrogens with one attached hydrogen (secondary N) is 2. The molecule has 8 nitrogen and oxygen atoms in total. The summed E-state index contributed by atoms with van der Waals surface area (Å²) in [6, 6.07) is 11.0. The Labute approximate surface area is 226 Å². The number of aromatic nitrogens is 2. The summed E-state index contributed by atoms with van der Waals surface area (Å²) >= 11 is 3.53. The Bertz CT molecular complexity index is 1230. The quantitative estimate of drug-likeness (QED) is 0.233. The van der Waals surface area contributed by atoms with Gasteiger partial charge in [0.2, 0.25) is 5.91 Å². The predicted molar refractivity (Wildman–Crippen MR) is 150 cm³/mol. The van der Waals surface area contributed by atoms with Crippen LogP contribution in [0, 0.1) is 6.92 Å². The van der Waals surface area contributed by atoms with Crippen LogP contribution in [0.2, 0.25) is 0 Å². The number of benzene rings is 2. The van der Waals surface area contributed by atoms with E-state index in [-0.39, 0.29) is 5.91 Å². The smallest absolute Gasteiger partial charge is 0.412 e. The highest BCUT2D eigenvalue weighted by atomic mass is 79.9. The zero-order valence-corrected chi connectivity index (χ0v) is 23.5. The Morgan fingerprint density at radius 1 is 0.946 bits per heavy atom. The monoisotopic (exact) mass is 570 g/mol. The van der Waals surface area contributed by atoms with Gasteiger partial charge in [0.25, 0.3) is 0 Å². The summed E-state index contributed by atoms with van der Waals surface area (Å²) in [6.45, 7) is 7.96. The molecule has 0 aliphatic carbocycles. The number of anilines is 2. The number of halogens is 1. The number of hydrogen-bond acceptors (Lipinski definition) is 6. The molecule has 2 N–H and O–H groups in total. The minimum Gasteiger partial charge on any atom is -0.491 e. The van der Waals surface area contributed by atoms with Crippen molar-refractivity contribution < 1.29 is 19.1 Å². The highest BCUT2D eigenvalue weighted by Crippen LogP contribution is 2.30. The fourth-order valence-corrected chi connectivity index (χ4v) is 4.20. The number of nitrogens with zero attached hydrogens (tertiary/aromatic N) is 2. The molecule has 9 heteroatoms. The molecule has 0 radical (unpaired) electrons. The van der Waals surface area contributed by atoms with Crippen LogP contribution in [0.4, 0.5) is 16.2 Å². The van der Waals surface area contributed by atoms with E-state index in [9.17, 15) is 9.59 Å². The second kappa shape index (κ2) is 13.4. The summed E-state index contributed by atoms with van der Waals surface area (Å²) in [6.07, 6.45) is 6.13. The van der Waals surface area contributed by atoms with Gasteiger partial charge in [-0.2, -0.15) is 0 Å². The van der Waals surface area contributed by atoms with E-state index in [1.54, 1.807) is 45.3 Å². The molecule has 0 aliphatic heterocycles. The van der Waals surface area contributed by atoms with Gasteiger partial charge in [-0.1, -0.05) is 47.3 Å². The molecule has 0 saturated heterocycles. The van der Waals surface area contributed by atoms with Crippen molar-refractivity contribution in [1.82, 2.24) is 9.97 Å². The summed E-state index contributed by atoms with van der Waals surface area (Å²) in [5.41, 5.74) is 2.20. The van der Waals surface area contributed by atoms with E-state index < -0.39 is 11.7 Å². The van der Waals surface area contributed by atoms with Gasteiger partial charge in [0.1, 0.15) is 23.2 Å². The van der Waals surface area contributed by atoms with E-state index in [4.69, 9.17) is 9.47 Å². The summed E-state index contributed by atoms with van der Waals surface area (Å²) in [5, 5.41) is 6.57. The van der Waals surface area contributed by atoms with Crippen LogP contribution in [0.15, 0.2) is 47.2 Å². The highest BCUT2D eigenvalue weighted by molar-refractivity contribution is 9.10. The summed E-state index contributed by atoms with van der Waals surface area (Å²) in [7, 11) is 0. The molecule has 1 aromatic heterocycles. The number of para-hydroxylation sites is 2. The molecule has 0 atom stereocenters. The third kappa shape index (κ3) is 9.31. The lowest BCUT2D eigenvalue weighted by Gasteiger charge is -2.20. The Morgan fingerprint density at radius 3 is 2.35 bits per heavy atom. The summed E-state index contributed by atoms with van der Waals surface area (Å²) in [5.74, 6) is 0.675. The molecule has 198 valence electrons. The first kappa shape index (κ1) is 28.4. The first-order valence-electron chi connectivity index (χ1n) is 12.5. The van der Waals surface area contributed by atoms with E-state index in [1.807, 2.05) is 25.1 Å². The Hall–Kier alpha value is -3.20. The predicted octanol–water partition coefficient (Wildman–Crippen LogP) is 7.41. The molecule has 2 aromatic carbocycles. The van der Waals surface area contributed by atoms with Crippen molar-refractivity contribution >= 4 is 50.2 Å². The molecule has 3 aromatic rings. The number of carbonyl (C=O) groups is 2. The molecule has 3 rings (SSSR count). The molecule has 0 unspecified atom stereocenters. The molecule has 0 saturated carbocycles. The van der Waals surface area contributed by atoms with E-state index in [0.29, 0.717) is 24.4 Å². The molecule has 0 aliphatic rings. The number of hydrogen-bond donors (Lipinski definition) is 2. The first-order valence-corrected chi connectivity index (χ1v) is 13.3. The Morgan fingerprint density at radius 2 is 1.62 bits per heavy atom. The van der Waals surface area contributed by atoms with Crippen molar-refractivity contribution in [1.29, 1.82) is 0 Å². The summed E-state index contributed by atoms with van der Waals surface area (Å²) < 4.78 is 12.2. The Balaban J connectivity index is 1.35. The van der Waals surface area contributed by atoms with Gasteiger partial charge in [-0.3, -0.25) is 10.1 Å². The van der Waals surface area contributed by atoms with Crippen LogP contribution in [0.3, 0.4) is 0 Å². The average Bonchev–Trinajstić information content (AvgIpc) is 2.81. The third-order valence-electron chi connectivity index (χ3n) is 5.51. The van der Waals surface area contributed by atoms with Gasteiger partial charge in [-0.05, 0) is 64.8 Å². The second-order valence-corrected chi connectivity index (χ2v) is 10.8. The molecule has 0 fully saturated rings. The highest BCUT2D eigenvalue weighted by Gasteiger charge is 2.17. The molecule has 1 heterocycles. The van der Waals surface area contributed by atoms with Gasteiger partial charge < -0.3 is 14.8 Å². The average molecular weight is 572 g/mol. The first-order chi connectivity index (χ1) is 17.6. The van der Waals surface area contributed by atoms with Gasteiger partial charge in [-0.25, -0.2) is 14.8 Å². The van der Waals surface area contributed by atoms with Gasteiger partial charge in [0.15, 0.2) is 0 Å². The topological polar surface area (TPSA) is 102 Å². The number of ether oxygens (including phenoxy) is 2. The largest absolute Gasteiger partial charge is 0.491 e. The lowest BCUT2D eigenvalue weighted by molar-refractivity contribution is -0.116. The van der Waals surface area contributed by atoms with Crippen molar-refractivity contribution in [2.24, 2.45) is 0 Å². The number of unbranched alkanes of at least 4 members (excludes halogenated alkanes) is 4. The number of fused-ring (bicyclic) bond motifs is 1. The van der Waals surface area contributed by atoms with Crippen molar-refractivity contribution in [3.8, 4) is 5.75 Å². The number of carbonyl (C=O) groups excluding carboxylic acids is 2. The number of rotatable bonds is 11. The fourth-order valence-electron chi connectivity index (χ4n) is 3.76. The van der Waals surface area contributed by atoms with Crippen LogP contribution in [0.1, 0.15) is 65.0 Å². The molecule has 37 heavy (non-hydrogen) atoms. The zero-order chi connectivity index (χ0) is 26.8. The minimum absolute atomic E-state index is 0.0828. The lowest BCUT2D eigenvalue weighted by atomic mass is 10.1. The van der Waals surface area contributed by atoms with Crippen LogP contribution in [0.5, 0.6) is 5.75 Å². The van der Waals surface area contributed by atoms with Crippen LogP contribution in [0.25, 0.3) is 10.9 Å². The number of amides is 2. The van der Waals surface area contributed by atoms with Crippen LogP contribution in [-0.4, -0.2) is 34.2 Å². The lowest BCUT2D eigenvalue weighted by Crippen LogP contribution is -2.27. The number of aryl methyl sites for hydroxylation is 1. The van der Waals surface area contributed by atoms with E-state index in [2.05, 4.69) is 36.5 Å². The maximum Gasteiger partial charge on any atom is 0.412 e. The van der Waals surface area contributed by atoms with Crippen molar-refractivity contribution in [2.75, 3.05) is 17.2 Å². The van der Waals surface area contributed by atoms with Crippen molar-refractivity contribution in [2.45, 2.75) is 71.8 Å². The molecule has 2 amide bonds. The second-order valence-electron chi connectivity index (χ2n) is 9.85. The van der Waals surface area contributed by atoms with Gasteiger partial charge >= 0.3 is 6.09 Å². The van der Waals surface area contributed by atoms with E-state index >= 15 is 0 Å². The Kier molecular flexibility index (Phi) is 10.3.